The van der Waals surface area contributed by atoms with Gasteiger partial charge in [0.25, 0.3) is 0 Å². The van der Waals surface area contributed by atoms with Crippen molar-refractivity contribution in [2.24, 2.45) is 10.7 Å². The molecule has 1 aliphatic heterocycles. The topological polar surface area (TPSA) is 41.6 Å². The lowest BCUT2D eigenvalue weighted by Crippen LogP contribution is -2.18. The highest BCUT2D eigenvalue weighted by Gasteiger charge is 1.94. The van der Waals surface area contributed by atoms with Gasteiger partial charge in [-0.1, -0.05) is 0 Å². The minimum Gasteiger partial charge on any atom is -0.384 e. The fourth-order valence-electron chi connectivity index (χ4n) is 0.389. The summed E-state index contributed by atoms with van der Waals surface area (Å²) < 4.78 is 0. The van der Waals surface area contributed by atoms with Crippen LogP contribution in [0.5, 0.6) is 0 Å². The van der Waals surface area contributed by atoms with Gasteiger partial charge in [-0.15, -0.1) is 0 Å². The quantitative estimate of drug-likeness (QED) is 0.471. The van der Waals surface area contributed by atoms with Crippen molar-refractivity contribution in [2.75, 3.05) is 7.05 Å². The van der Waals surface area contributed by atoms with Crippen LogP contribution in [-0.4, -0.2) is 17.8 Å². The zero-order valence-corrected chi connectivity index (χ0v) is 4.63. The standard InChI is InChI=1S/C5H7N3/c1-8-3-2-7-4-5(8)6/h3-4H,6H2,1H3. The predicted molar refractivity (Wildman–Crippen MR) is 32.0 cm³/mol. The number of hydrogen-bond acceptors (Lipinski definition) is 3. The van der Waals surface area contributed by atoms with Crippen molar-refractivity contribution in [3.05, 3.63) is 18.2 Å². The molecule has 3 nitrogen and oxygen atoms in total. The molecule has 0 fully saturated rings. The molecule has 0 aliphatic carbocycles. The first kappa shape index (κ1) is 4.94. The van der Waals surface area contributed by atoms with Crippen molar-refractivity contribution in [3.63, 3.8) is 0 Å². The van der Waals surface area contributed by atoms with Crippen LogP contribution in [0.25, 0.3) is 0 Å². The van der Waals surface area contributed by atoms with Crippen LogP contribution >= 0.6 is 0 Å². The Morgan fingerprint density at radius 1 is 1.88 bits per heavy atom. The lowest BCUT2D eigenvalue weighted by Gasteiger charge is -2.12. The van der Waals surface area contributed by atoms with Gasteiger partial charge in [-0.2, -0.15) is 0 Å². The van der Waals surface area contributed by atoms with E-state index in [1.165, 1.54) is 0 Å². The molecule has 1 aliphatic rings. The van der Waals surface area contributed by atoms with E-state index in [1.807, 2.05) is 7.05 Å². The first-order chi connectivity index (χ1) is 3.80. The molecule has 0 atom stereocenters. The van der Waals surface area contributed by atoms with Gasteiger partial charge in [0.15, 0.2) is 0 Å². The second kappa shape index (κ2) is 1.72. The Hall–Kier alpha value is -1.21. The Bertz CT molecular complexity index is 174. The second-order valence-electron chi connectivity index (χ2n) is 1.55. The van der Waals surface area contributed by atoms with Gasteiger partial charge in [0.05, 0.1) is 12.4 Å². The van der Waals surface area contributed by atoms with Crippen molar-refractivity contribution in [2.45, 2.75) is 0 Å². The number of aliphatic imine (C=N–C) groups is 1. The van der Waals surface area contributed by atoms with Gasteiger partial charge in [-0.05, 0) is 0 Å². The first-order valence-corrected chi connectivity index (χ1v) is 2.28. The van der Waals surface area contributed by atoms with Crippen LogP contribution in [-0.2, 0) is 0 Å². The molecule has 0 bridgehead atoms. The van der Waals surface area contributed by atoms with Gasteiger partial charge >= 0.3 is 0 Å². The zero-order chi connectivity index (χ0) is 5.98. The van der Waals surface area contributed by atoms with E-state index in [0.29, 0.717) is 5.82 Å². The molecule has 42 valence electrons. The average molecular weight is 109 g/mol. The van der Waals surface area contributed by atoms with Crippen molar-refractivity contribution in [3.8, 4) is 0 Å². The molecule has 8 heavy (non-hydrogen) atoms. The van der Waals surface area contributed by atoms with E-state index in [9.17, 15) is 0 Å². The van der Waals surface area contributed by atoms with Crippen LogP contribution in [0, 0.1) is 0 Å². The van der Waals surface area contributed by atoms with Crippen LogP contribution in [0.15, 0.2) is 23.2 Å². The highest BCUT2D eigenvalue weighted by atomic mass is 15.2. The summed E-state index contributed by atoms with van der Waals surface area (Å²) in [5.41, 5.74) is 5.40. The number of nitrogens with two attached hydrogens (primary N) is 1. The molecule has 0 spiro atoms. The minimum atomic E-state index is 0.642. The van der Waals surface area contributed by atoms with Gasteiger partial charge in [-0.25, -0.2) is 4.99 Å². The van der Waals surface area contributed by atoms with Crippen molar-refractivity contribution in [1.82, 2.24) is 4.90 Å². The highest BCUT2D eigenvalue weighted by Crippen LogP contribution is 1.94. The molecule has 2 N–H and O–H groups in total. The summed E-state index contributed by atoms with van der Waals surface area (Å²) in [4.78, 5) is 5.42. The van der Waals surface area contributed by atoms with Crippen molar-refractivity contribution >= 4 is 5.87 Å². The Kier molecular flexibility index (Phi) is 1.06. The number of nitrogens with zero attached hydrogens (tertiary/aromatic N) is 2. The van der Waals surface area contributed by atoms with E-state index in [1.54, 1.807) is 17.3 Å². The first-order valence-electron chi connectivity index (χ1n) is 2.28. The van der Waals surface area contributed by atoms with Gasteiger partial charge in [0.2, 0.25) is 0 Å². The van der Waals surface area contributed by atoms with E-state index >= 15 is 0 Å². The summed E-state index contributed by atoms with van der Waals surface area (Å²) in [6.45, 7) is 0. The highest BCUT2D eigenvalue weighted by molar-refractivity contribution is 5.54. The van der Waals surface area contributed by atoms with Gasteiger partial charge in [-0.3, -0.25) is 0 Å². The third-order valence-corrected chi connectivity index (χ3v) is 0.930. The lowest BCUT2D eigenvalue weighted by atomic mass is 10.6. The third-order valence-electron chi connectivity index (χ3n) is 0.930. The molecule has 0 saturated carbocycles. The normalized spacial score (nSPS) is 16.6. The van der Waals surface area contributed by atoms with Crippen LogP contribution in [0.3, 0.4) is 0 Å². The van der Waals surface area contributed by atoms with Crippen molar-refractivity contribution < 1.29 is 0 Å². The number of hydrogen-bond donors (Lipinski definition) is 1. The second-order valence-corrected chi connectivity index (χ2v) is 1.55. The molecular formula is C5H7N3. The molecule has 0 saturated heterocycles. The molecule has 3 heteroatoms. The predicted octanol–water partition coefficient (Wildman–Crippen LogP) is -0.127. The summed E-state index contributed by atoms with van der Waals surface area (Å²) in [5.74, 6) is 3.28. The summed E-state index contributed by atoms with van der Waals surface area (Å²) >= 11 is 0. The van der Waals surface area contributed by atoms with Crippen LogP contribution in [0.1, 0.15) is 0 Å². The maximum absolute atomic E-state index is 5.40. The van der Waals surface area contributed by atoms with E-state index in [-0.39, 0.29) is 0 Å². The SMILES string of the molecule is CN1C=C=NC=C1N. The minimum absolute atomic E-state index is 0.642. The fourth-order valence-corrected chi connectivity index (χ4v) is 0.389. The molecule has 0 radical (unpaired) electrons. The average Bonchev–Trinajstić information content (AvgIpc) is 1.77. The van der Waals surface area contributed by atoms with E-state index in [4.69, 9.17) is 5.73 Å². The zero-order valence-electron chi connectivity index (χ0n) is 4.63. The van der Waals surface area contributed by atoms with Gasteiger partial charge < -0.3 is 10.6 Å². The van der Waals surface area contributed by atoms with E-state index in [0.717, 1.165) is 0 Å². The Morgan fingerprint density at radius 2 is 2.62 bits per heavy atom. The third kappa shape index (κ3) is 0.718. The number of rotatable bonds is 0. The summed E-state index contributed by atoms with van der Waals surface area (Å²) in [7, 11) is 1.84. The summed E-state index contributed by atoms with van der Waals surface area (Å²) in [5, 5.41) is 0. The monoisotopic (exact) mass is 109 g/mol. The lowest BCUT2D eigenvalue weighted by molar-refractivity contribution is 0.561. The molecule has 0 amide bonds. The van der Waals surface area contributed by atoms with E-state index in [2.05, 4.69) is 10.9 Å². The largest absolute Gasteiger partial charge is 0.384 e. The summed E-state index contributed by atoms with van der Waals surface area (Å²) in [6, 6.07) is 0. The van der Waals surface area contributed by atoms with Crippen LogP contribution in [0.4, 0.5) is 0 Å². The molecule has 0 aromatic rings. The van der Waals surface area contributed by atoms with Gasteiger partial charge in [0, 0.05) is 12.9 Å². The van der Waals surface area contributed by atoms with Gasteiger partial charge in [0.1, 0.15) is 5.82 Å². The van der Waals surface area contributed by atoms with Crippen molar-refractivity contribution in [1.29, 1.82) is 0 Å². The Labute approximate surface area is 47.8 Å². The van der Waals surface area contributed by atoms with E-state index < -0.39 is 0 Å². The smallest absolute Gasteiger partial charge is 0.123 e. The summed E-state index contributed by atoms with van der Waals surface area (Å²) in [6.07, 6.45) is 3.23. The maximum atomic E-state index is 5.40. The molecule has 0 aromatic carbocycles. The Balaban J connectivity index is 2.86. The molecule has 1 heterocycles. The maximum Gasteiger partial charge on any atom is 0.123 e. The molecule has 0 unspecified atom stereocenters. The molecule has 0 aromatic heterocycles. The van der Waals surface area contributed by atoms with Crippen LogP contribution in [0.2, 0.25) is 0 Å². The van der Waals surface area contributed by atoms with Crippen LogP contribution < -0.4 is 5.73 Å². The fraction of sp³-hybridized carbons (Fsp3) is 0.200. The molecule has 1 rings (SSSR count). The Morgan fingerprint density at radius 3 is 3.00 bits per heavy atom. The molecular weight excluding hydrogens is 102 g/mol.